The normalized spacial score (nSPS) is 22.7. The number of hydrogen-bond donors (Lipinski definition) is 2. The van der Waals surface area contributed by atoms with Crippen LogP contribution in [0.5, 0.6) is 0 Å². The fraction of sp³-hybridized carbons (Fsp3) is 1.00. The molecular weight excluding hydrogens is 236 g/mol. The lowest BCUT2D eigenvalue weighted by Gasteiger charge is -2.39. The number of hydrogen-bond acceptors (Lipinski definition) is 3. The summed E-state index contributed by atoms with van der Waals surface area (Å²) in [6.45, 7) is 8.07. The molecule has 2 saturated carbocycles. The van der Waals surface area contributed by atoms with Crippen LogP contribution < -0.4 is 5.32 Å². The largest absolute Gasteiger partial charge is 0.394 e. The van der Waals surface area contributed by atoms with Crippen LogP contribution in [0.2, 0.25) is 0 Å². The van der Waals surface area contributed by atoms with Gasteiger partial charge in [0.15, 0.2) is 0 Å². The molecule has 0 aromatic rings. The molecule has 112 valence electrons. The molecule has 2 aliphatic rings. The Hall–Kier alpha value is -0.120. The van der Waals surface area contributed by atoms with Crippen LogP contribution in [0.25, 0.3) is 0 Å². The Morgan fingerprint density at radius 3 is 2.37 bits per heavy atom. The number of aliphatic hydroxyl groups excluding tert-OH is 1. The number of nitrogens with one attached hydrogen (secondary N) is 1. The Kier molecular flexibility index (Phi) is 5.67. The fourth-order valence-electron chi connectivity index (χ4n) is 3.13. The van der Waals surface area contributed by atoms with Crippen LogP contribution in [0.15, 0.2) is 0 Å². The highest BCUT2D eigenvalue weighted by molar-refractivity contribution is 5.04. The maximum Gasteiger partial charge on any atom is 0.0628 e. The van der Waals surface area contributed by atoms with Gasteiger partial charge in [0.05, 0.1) is 12.1 Å². The first-order valence-corrected chi connectivity index (χ1v) is 8.35. The summed E-state index contributed by atoms with van der Waals surface area (Å²) in [5.74, 6) is 0.701. The van der Waals surface area contributed by atoms with E-state index in [1.807, 2.05) is 0 Å². The van der Waals surface area contributed by atoms with E-state index in [-0.39, 0.29) is 5.54 Å². The van der Waals surface area contributed by atoms with Gasteiger partial charge >= 0.3 is 0 Å². The van der Waals surface area contributed by atoms with Crippen LogP contribution in [0, 0.1) is 5.92 Å². The Morgan fingerprint density at radius 2 is 1.89 bits per heavy atom. The second-order valence-corrected chi connectivity index (χ2v) is 6.57. The molecule has 0 aromatic heterocycles. The van der Waals surface area contributed by atoms with E-state index in [1.165, 1.54) is 45.1 Å². The summed E-state index contributed by atoms with van der Waals surface area (Å²) in [6, 6.07) is 0.805. The number of nitrogens with zero attached hydrogens (tertiary/aromatic N) is 1. The van der Waals surface area contributed by atoms with Gasteiger partial charge in [0, 0.05) is 12.6 Å². The van der Waals surface area contributed by atoms with Crippen molar-refractivity contribution in [2.45, 2.75) is 70.4 Å². The van der Waals surface area contributed by atoms with Gasteiger partial charge in [-0.1, -0.05) is 20.3 Å². The van der Waals surface area contributed by atoms with Crippen molar-refractivity contribution >= 4 is 0 Å². The van der Waals surface area contributed by atoms with Crippen molar-refractivity contribution in [3.8, 4) is 0 Å². The third-order valence-corrected chi connectivity index (χ3v) is 4.72. The van der Waals surface area contributed by atoms with Crippen LogP contribution in [0.1, 0.15) is 58.8 Å². The summed E-state index contributed by atoms with van der Waals surface area (Å²) in [7, 11) is 0. The van der Waals surface area contributed by atoms with Crippen LogP contribution in [0.3, 0.4) is 0 Å². The van der Waals surface area contributed by atoms with Gasteiger partial charge in [-0.3, -0.25) is 4.90 Å². The average Bonchev–Trinajstić information content (AvgIpc) is 3.30. The SMILES string of the molecule is CCCCN(CC(CO)(NCCC)C1CC1)C1CC1. The molecule has 2 N–H and O–H groups in total. The zero-order chi connectivity index (χ0) is 13.7. The highest BCUT2D eigenvalue weighted by Gasteiger charge is 2.46. The van der Waals surface area contributed by atoms with E-state index < -0.39 is 0 Å². The molecule has 0 aromatic carbocycles. The van der Waals surface area contributed by atoms with Gasteiger partial charge in [-0.25, -0.2) is 0 Å². The van der Waals surface area contributed by atoms with Crippen molar-refractivity contribution < 1.29 is 5.11 Å². The zero-order valence-electron chi connectivity index (χ0n) is 12.8. The highest BCUT2D eigenvalue weighted by Crippen LogP contribution is 2.41. The molecule has 19 heavy (non-hydrogen) atoms. The first-order valence-electron chi connectivity index (χ1n) is 8.35. The van der Waals surface area contributed by atoms with Gasteiger partial charge in [-0.15, -0.1) is 0 Å². The molecule has 0 radical (unpaired) electrons. The molecule has 1 unspecified atom stereocenters. The monoisotopic (exact) mass is 268 g/mol. The predicted octanol–water partition coefficient (Wildman–Crippen LogP) is 2.39. The van der Waals surface area contributed by atoms with Crippen molar-refractivity contribution in [1.82, 2.24) is 10.2 Å². The fourth-order valence-corrected chi connectivity index (χ4v) is 3.13. The highest BCUT2D eigenvalue weighted by atomic mass is 16.3. The molecule has 1 atom stereocenters. The topological polar surface area (TPSA) is 35.5 Å². The predicted molar refractivity (Wildman–Crippen MR) is 80.3 cm³/mol. The van der Waals surface area contributed by atoms with Gasteiger partial charge in [-0.2, -0.15) is 0 Å². The number of unbranched alkanes of at least 4 members (excludes halogenated alkanes) is 1. The Morgan fingerprint density at radius 1 is 1.16 bits per heavy atom. The average molecular weight is 268 g/mol. The summed E-state index contributed by atoms with van der Waals surface area (Å²) in [5, 5.41) is 13.7. The lowest BCUT2D eigenvalue weighted by Crippen LogP contribution is -2.58. The quantitative estimate of drug-likeness (QED) is 0.604. The minimum absolute atomic E-state index is 0.0215. The van der Waals surface area contributed by atoms with Crippen molar-refractivity contribution in [2.24, 2.45) is 5.92 Å². The van der Waals surface area contributed by atoms with Crippen LogP contribution >= 0.6 is 0 Å². The third kappa shape index (κ3) is 4.17. The van der Waals surface area contributed by atoms with Crippen molar-refractivity contribution in [3.05, 3.63) is 0 Å². The lowest BCUT2D eigenvalue weighted by molar-refractivity contribution is 0.0862. The molecular formula is C16H32N2O. The molecule has 0 heterocycles. The van der Waals surface area contributed by atoms with Gasteiger partial charge in [0.2, 0.25) is 0 Å². The molecule has 0 spiro atoms. The smallest absolute Gasteiger partial charge is 0.0628 e. The van der Waals surface area contributed by atoms with Crippen LogP contribution in [0.4, 0.5) is 0 Å². The van der Waals surface area contributed by atoms with E-state index >= 15 is 0 Å². The second-order valence-electron chi connectivity index (χ2n) is 6.57. The van der Waals surface area contributed by atoms with E-state index in [9.17, 15) is 5.11 Å². The molecule has 0 aliphatic heterocycles. The minimum Gasteiger partial charge on any atom is -0.394 e. The molecule has 2 fully saturated rings. The Balaban J connectivity index is 1.95. The maximum atomic E-state index is 10.0. The van der Waals surface area contributed by atoms with E-state index in [0.717, 1.165) is 25.6 Å². The molecule has 3 nitrogen and oxygen atoms in total. The third-order valence-electron chi connectivity index (χ3n) is 4.72. The lowest BCUT2D eigenvalue weighted by atomic mass is 9.92. The van der Waals surface area contributed by atoms with Crippen molar-refractivity contribution in [3.63, 3.8) is 0 Å². The van der Waals surface area contributed by atoms with E-state index in [1.54, 1.807) is 0 Å². The molecule has 2 rings (SSSR count). The summed E-state index contributed by atoms with van der Waals surface area (Å²) in [6.07, 6.45) is 9.02. The van der Waals surface area contributed by atoms with Gasteiger partial charge in [0.1, 0.15) is 0 Å². The molecule has 3 heteroatoms. The van der Waals surface area contributed by atoms with Gasteiger partial charge in [-0.05, 0) is 57.5 Å². The zero-order valence-corrected chi connectivity index (χ0v) is 12.8. The van der Waals surface area contributed by atoms with Crippen LogP contribution in [-0.4, -0.2) is 47.8 Å². The molecule has 0 bridgehead atoms. The van der Waals surface area contributed by atoms with Gasteiger partial charge in [0.25, 0.3) is 0 Å². The number of aliphatic hydroxyl groups is 1. The first-order chi connectivity index (χ1) is 9.25. The molecule has 2 aliphatic carbocycles. The Labute approximate surface area is 118 Å². The number of rotatable bonds is 11. The Bertz CT molecular complexity index is 263. The summed E-state index contributed by atoms with van der Waals surface area (Å²) < 4.78 is 0. The summed E-state index contributed by atoms with van der Waals surface area (Å²) in [5.41, 5.74) is -0.0215. The first kappa shape index (κ1) is 15.3. The van der Waals surface area contributed by atoms with Gasteiger partial charge < -0.3 is 10.4 Å². The molecule has 0 saturated heterocycles. The van der Waals surface area contributed by atoms with Crippen molar-refractivity contribution in [1.29, 1.82) is 0 Å². The van der Waals surface area contributed by atoms with E-state index in [0.29, 0.717) is 12.5 Å². The summed E-state index contributed by atoms with van der Waals surface area (Å²) >= 11 is 0. The van der Waals surface area contributed by atoms with E-state index in [2.05, 4.69) is 24.1 Å². The van der Waals surface area contributed by atoms with E-state index in [4.69, 9.17) is 0 Å². The maximum absolute atomic E-state index is 10.0. The minimum atomic E-state index is -0.0215. The summed E-state index contributed by atoms with van der Waals surface area (Å²) in [4.78, 5) is 2.65. The van der Waals surface area contributed by atoms with Crippen molar-refractivity contribution in [2.75, 3.05) is 26.2 Å². The second kappa shape index (κ2) is 7.05. The molecule has 0 amide bonds. The standard InChI is InChI=1S/C16H32N2O/c1-3-5-11-18(15-8-9-15)12-16(13-19,14-6-7-14)17-10-4-2/h14-15,17,19H,3-13H2,1-2H3. The van der Waals surface area contributed by atoms with Crippen LogP contribution in [-0.2, 0) is 0 Å².